The zero-order valence-corrected chi connectivity index (χ0v) is 9.25. The van der Waals surface area contributed by atoms with E-state index < -0.39 is 5.97 Å². The first-order valence-electron chi connectivity index (χ1n) is 4.97. The molecule has 2 N–H and O–H groups in total. The minimum absolute atomic E-state index is 0.370. The van der Waals surface area contributed by atoms with Gasteiger partial charge in [-0.05, 0) is 18.2 Å². The first-order chi connectivity index (χ1) is 8.20. The summed E-state index contributed by atoms with van der Waals surface area (Å²) in [5, 5.41) is 7.73. The van der Waals surface area contributed by atoms with Gasteiger partial charge < -0.3 is 10.5 Å². The third-order valence-electron chi connectivity index (χ3n) is 2.28. The van der Waals surface area contributed by atoms with Gasteiger partial charge in [-0.3, -0.25) is 0 Å². The Kier molecular flexibility index (Phi) is 3.00. The summed E-state index contributed by atoms with van der Waals surface area (Å²) in [5.41, 5.74) is 8.09. The van der Waals surface area contributed by atoms with Gasteiger partial charge in [-0.1, -0.05) is 12.1 Å². The van der Waals surface area contributed by atoms with Crippen LogP contribution < -0.4 is 5.73 Å². The van der Waals surface area contributed by atoms with Crippen LogP contribution in [0.15, 0.2) is 36.5 Å². The van der Waals surface area contributed by atoms with Crippen LogP contribution in [0.4, 0.5) is 5.69 Å². The Bertz CT molecular complexity index is 538. The van der Waals surface area contributed by atoms with E-state index in [0.717, 1.165) is 5.56 Å². The molecule has 5 nitrogen and oxygen atoms in total. The maximum atomic E-state index is 11.3. The molecule has 0 atom stereocenters. The van der Waals surface area contributed by atoms with Gasteiger partial charge in [-0.25, -0.2) is 4.79 Å². The van der Waals surface area contributed by atoms with Crippen molar-refractivity contribution in [3.05, 3.63) is 42.1 Å². The van der Waals surface area contributed by atoms with Crippen LogP contribution in [0.5, 0.6) is 0 Å². The molecule has 2 aromatic rings. The van der Waals surface area contributed by atoms with Crippen molar-refractivity contribution in [2.75, 3.05) is 12.8 Å². The molecule has 0 bridgehead atoms. The molecule has 0 aliphatic heterocycles. The molecule has 0 amide bonds. The zero-order chi connectivity index (χ0) is 12.3. The lowest BCUT2D eigenvalue weighted by Gasteiger charge is -2.02. The van der Waals surface area contributed by atoms with Crippen molar-refractivity contribution in [2.24, 2.45) is 0 Å². The average molecular weight is 229 g/mol. The summed E-state index contributed by atoms with van der Waals surface area (Å²) < 4.78 is 4.62. The van der Waals surface area contributed by atoms with E-state index in [2.05, 4.69) is 14.9 Å². The third-order valence-corrected chi connectivity index (χ3v) is 2.28. The highest BCUT2D eigenvalue weighted by Crippen LogP contribution is 2.18. The average Bonchev–Trinajstić information content (AvgIpc) is 2.39. The molecular weight excluding hydrogens is 218 g/mol. The summed E-state index contributed by atoms with van der Waals surface area (Å²) in [6.45, 7) is 0. The van der Waals surface area contributed by atoms with E-state index in [4.69, 9.17) is 5.73 Å². The Hall–Kier alpha value is -2.43. The molecule has 0 spiro atoms. The number of rotatable bonds is 2. The van der Waals surface area contributed by atoms with E-state index in [9.17, 15) is 4.79 Å². The summed E-state index contributed by atoms with van der Waals surface area (Å²) in [4.78, 5) is 11.3. The van der Waals surface area contributed by atoms with Crippen molar-refractivity contribution >= 4 is 11.7 Å². The van der Waals surface area contributed by atoms with Gasteiger partial charge in [-0.2, -0.15) is 10.2 Å². The van der Waals surface area contributed by atoms with Gasteiger partial charge in [0.25, 0.3) is 0 Å². The molecule has 17 heavy (non-hydrogen) atoms. The molecule has 0 unspecified atom stereocenters. The van der Waals surface area contributed by atoms with E-state index in [1.165, 1.54) is 13.3 Å². The lowest BCUT2D eigenvalue weighted by Crippen LogP contribution is -2.03. The number of nitrogens with two attached hydrogens (primary N) is 1. The summed E-state index contributed by atoms with van der Waals surface area (Å²) in [6, 6.07) is 8.80. The molecule has 0 fully saturated rings. The second-order valence-corrected chi connectivity index (χ2v) is 3.44. The van der Waals surface area contributed by atoms with Crippen molar-refractivity contribution in [1.82, 2.24) is 10.2 Å². The Morgan fingerprint density at radius 1 is 1.29 bits per heavy atom. The van der Waals surface area contributed by atoms with Crippen molar-refractivity contribution in [3.63, 3.8) is 0 Å². The number of aromatic nitrogens is 2. The third kappa shape index (κ3) is 2.39. The molecule has 0 aliphatic carbocycles. The van der Waals surface area contributed by atoms with E-state index in [0.29, 0.717) is 16.9 Å². The zero-order valence-electron chi connectivity index (χ0n) is 9.25. The van der Waals surface area contributed by atoms with Gasteiger partial charge in [-0.15, -0.1) is 0 Å². The highest BCUT2D eigenvalue weighted by atomic mass is 16.5. The fraction of sp³-hybridized carbons (Fsp3) is 0.0833. The van der Waals surface area contributed by atoms with Crippen molar-refractivity contribution < 1.29 is 9.53 Å². The summed E-state index contributed by atoms with van der Waals surface area (Å²) in [5.74, 6) is -0.434. The monoisotopic (exact) mass is 229 g/mol. The van der Waals surface area contributed by atoms with Crippen LogP contribution in [0.1, 0.15) is 10.4 Å². The fourth-order valence-electron chi connectivity index (χ4n) is 1.39. The summed E-state index contributed by atoms with van der Waals surface area (Å²) >= 11 is 0. The molecule has 2 rings (SSSR count). The van der Waals surface area contributed by atoms with E-state index in [1.807, 2.05) is 12.1 Å². The maximum absolute atomic E-state index is 11.3. The van der Waals surface area contributed by atoms with Crippen LogP contribution in [-0.4, -0.2) is 23.3 Å². The SMILES string of the molecule is COC(=O)c1cnnc(-c2ccc(N)cc2)c1. The first-order valence-corrected chi connectivity index (χ1v) is 4.97. The number of anilines is 1. The number of hydrogen-bond acceptors (Lipinski definition) is 5. The molecular formula is C12H11N3O2. The van der Waals surface area contributed by atoms with Gasteiger partial charge in [0.15, 0.2) is 0 Å². The molecule has 1 aromatic heterocycles. The summed E-state index contributed by atoms with van der Waals surface area (Å²) in [6.07, 6.45) is 1.37. The second-order valence-electron chi connectivity index (χ2n) is 3.44. The standard InChI is InChI=1S/C12H11N3O2/c1-17-12(16)9-6-11(15-14-7-9)8-2-4-10(13)5-3-8/h2-7H,13H2,1H3. The minimum atomic E-state index is -0.434. The van der Waals surface area contributed by atoms with Crippen LogP contribution >= 0.6 is 0 Å². The number of nitrogens with zero attached hydrogens (tertiary/aromatic N) is 2. The minimum Gasteiger partial charge on any atom is -0.465 e. The van der Waals surface area contributed by atoms with Gasteiger partial charge in [0, 0.05) is 11.3 Å². The number of nitrogen functional groups attached to an aromatic ring is 1. The first kappa shape index (κ1) is 11.1. The smallest absolute Gasteiger partial charge is 0.339 e. The van der Waals surface area contributed by atoms with Crippen molar-refractivity contribution in [3.8, 4) is 11.3 Å². The predicted octanol–water partition coefficient (Wildman–Crippen LogP) is 1.51. The number of esters is 1. The fourth-order valence-corrected chi connectivity index (χ4v) is 1.39. The Morgan fingerprint density at radius 3 is 2.65 bits per heavy atom. The topological polar surface area (TPSA) is 78.1 Å². The van der Waals surface area contributed by atoms with Gasteiger partial charge in [0.1, 0.15) is 0 Å². The van der Waals surface area contributed by atoms with Gasteiger partial charge >= 0.3 is 5.97 Å². The molecule has 0 radical (unpaired) electrons. The number of hydrogen-bond donors (Lipinski definition) is 1. The lowest BCUT2D eigenvalue weighted by molar-refractivity contribution is 0.0600. The molecule has 0 saturated carbocycles. The number of carbonyl (C=O) groups is 1. The quantitative estimate of drug-likeness (QED) is 0.623. The molecule has 0 aliphatic rings. The van der Waals surface area contributed by atoms with Crippen LogP contribution in [0.25, 0.3) is 11.3 Å². The molecule has 0 saturated heterocycles. The Labute approximate surface area is 98.2 Å². The number of benzene rings is 1. The predicted molar refractivity (Wildman–Crippen MR) is 63.2 cm³/mol. The second kappa shape index (κ2) is 4.61. The van der Waals surface area contributed by atoms with Crippen molar-refractivity contribution in [1.29, 1.82) is 0 Å². The Morgan fingerprint density at radius 2 is 2.00 bits per heavy atom. The Balaban J connectivity index is 2.39. The molecule has 86 valence electrons. The molecule has 5 heteroatoms. The largest absolute Gasteiger partial charge is 0.465 e. The normalized spacial score (nSPS) is 9.94. The van der Waals surface area contributed by atoms with Crippen LogP contribution in [-0.2, 0) is 4.74 Å². The highest BCUT2D eigenvalue weighted by molar-refractivity contribution is 5.90. The lowest BCUT2D eigenvalue weighted by atomic mass is 10.1. The number of carbonyl (C=O) groups excluding carboxylic acids is 1. The van der Waals surface area contributed by atoms with E-state index >= 15 is 0 Å². The van der Waals surface area contributed by atoms with Crippen LogP contribution in [0, 0.1) is 0 Å². The highest BCUT2D eigenvalue weighted by Gasteiger charge is 2.08. The molecule has 1 aromatic carbocycles. The van der Waals surface area contributed by atoms with Gasteiger partial charge in [0.05, 0.1) is 24.6 Å². The van der Waals surface area contributed by atoms with Crippen LogP contribution in [0.2, 0.25) is 0 Å². The number of methoxy groups -OCH3 is 1. The van der Waals surface area contributed by atoms with Gasteiger partial charge in [0.2, 0.25) is 0 Å². The number of ether oxygens (including phenoxy) is 1. The van der Waals surface area contributed by atoms with E-state index in [-0.39, 0.29) is 0 Å². The molecule has 1 heterocycles. The summed E-state index contributed by atoms with van der Waals surface area (Å²) in [7, 11) is 1.33. The van der Waals surface area contributed by atoms with Crippen molar-refractivity contribution in [2.45, 2.75) is 0 Å². The van der Waals surface area contributed by atoms with Crippen LogP contribution in [0.3, 0.4) is 0 Å². The van der Waals surface area contributed by atoms with E-state index in [1.54, 1.807) is 18.2 Å². The maximum Gasteiger partial charge on any atom is 0.339 e.